The maximum absolute atomic E-state index is 14.5. The highest BCUT2D eigenvalue weighted by Crippen LogP contribution is 2.38. The van der Waals surface area contributed by atoms with Crippen LogP contribution in [0.3, 0.4) is 0 Å². The first-order valence-corrected chi connectivity index (χ1v) is 12.0. The summed E-state index contributed by atoms with van der Waals surface area (Å²) in [5.41, 5.74) is 6.28. The van der Waals surface area contributed by atoms with E-state index in [0.717, 1.165) is 25.7 Å². The number of aromatic nitrogens is 2. The Morgan fingerprint density at radius 2 is 2.00 bits per heavy atom. The molecule has 3 aromatic rings. The smallest absolute Gasteiger partial charge is 0.220 e. The van der Waals surface area contributed by atoms with Crippen LogP contribution in [0.15, 0.2) is 36.7 Å². The average molecular weight is 502 g/mol. The Balaban J connectivity index is 1.50. The van der Waals surface area contributed by atoms with Gasteiger partial charge in [0.1, 0.15) is 12.1 Å². The molecule has 1 aliphatic carbocycles. The van der Waals surface area contributed by atoms with Crippen LogP contribution < -0.4 is 25.8 Å². The molecule has 4 N–H and O–H groups in total. The van der Waals surface area contributed by atoms with E-state index >= 15 is 0 Å². The van der Waals surface area contributed by atoms with Gasteiger partial charge < -0.3 is 25.8 Å². The number of hydrogen-bond donors (Lipinski definition) is 3. The molecule has 8 nitrogen and oxygen atoms in total. The largest absolute Gasteiger partial charge is 0.493 e. The molecule has 0 bridgehead atoms. The number of carbonyl (C=O) groups is 1. The van der Waals surface area contributed by atoms with E-state index in [4.69, 9.17) is 26.8 Å². The van der Waals surface area contributed by atoms with Crippen LogP contribution in [0, 0.1) is 11.7 Å². The van der Waals surface area contributed by atoms with E-state index in [0.29, 0.717) is 53.6 Å². The highest BCUT2D eigenvalue weighted by Gasteiger charge is 2.25. The molecule has 0 aliphatic heterocycles. The molecule has 2 aromatic carbocycles. The maximum Gasteiger partial charge on any atom is 0.220 e. The zero-order valence-corrected chi connectivity index (χ0v) is 20.3. The van der Waals surface area contributed by atoms with Crippen LogP contribution in [0.2, 0.25) is 5.02 Å². The summed E-state index contributed by atoms with van der Waals surface area (Å²) >= 11 is 5.92. The number of anilines is 2. The summed E-state index contributed by atoms with van der Waals surface area (Å²) in [7, 11) is 1.58. The second-order valence-electron chi connectivity index (χ2n) is 8.57. The number of nitrogens with two attached hydrogens (primary N) is 1. The molecule has 0 saturated heterocycles. The summed E-state index contributed by atoms with van der Waals surface area (Å²) < 4.78 is 26.3. The van der Waals surface area contributed by atoms with Crippen molar-refractivity contribution in [1.29, 1.82) is 0 Å². The number of carbonyl (C=O) groups excluding carboxylic acids is 1. The number of amides is 1. The number of nitrogens with zero attached hydrogens (tertiary/aromatic N) is 2. The molecule has 1 heterocycles. The number of nitrogens with one attached hydrogen (secondary N) is 2. The summed E-state index contributed by atoms with van der Waals surface area (Å²) in [5, 5.41) is 6.52. The normalized spacial score (nSPS) is 17.7. The molecule has 1 saturated carbocycles. The van der Waals surface area contributed by atoms with Gasteiger partial charge in [0.05, 0.1) is 29.4 Å². The Bertz CT molecular complexity index is 1190. The molecule has 0 radical (unpaired) electrons. The van der Waals surface area contributed by atoms with Crippen LogP contribution in [-0.2, 0) is 4.79 Å². The van der Waals surface area contributed by atoms with Crippen molar-refractivity contribution in [1.82, 2.24) is 15.3 Å². The first-order chi connectivity index (χ1) is 17.0. The van der Waals surface area contributed by atoms with Crippen molar-refractivity contribution >= 4 is 39.9 Å². The zero-order chi connectivity index (χ0) is 24.8. The third kappa shape index (κ3) is 6.10. The number of benzene rings is 2. The topological polar surface area (TPSA) is 111 Å². The Morgan fingerprint density at radius 3 is 2.74 bits per heavy atom. The minimum atomic E-state index is -0.556. The summed E-state index contributed by atoms with van der Waals surface area (Å²) in [5.74, 6) is 1.37. The molecule has 0 spiro atoms. The van der Waals surface area contributed by atoms with Crippen LogP contribution in [0.4, 0.5) is 15.9 Å². The molecule has 1 aliphatic rings. The number of methoxy groups -OCH3 is 1. The SMILES string of the molecule is COc1cc2ncnc(Nc3cccc(Cl)c3F)c2cc1OC1CCC(CC(=O)NCCN)CC1. The van der Waals surface area contributed by atoms with E-state index in [1.54, 1.807) is 25.3 Å². The molecule has 10 heteroatoms. The highest BCUT2D eigenvalue weighted by atomic mass is 35.5. The van der Waals surface area contributed by atoms with Crippen LogP contribution in [0.25, 0.3) is 10.9 Å². The third-order valence-corrected chi connectivity index (χ3v) is 6.45. The maximum atomic E-state index is 14.5. The average Bonchev–Trinajstić information content (AvgIpc) is 2.86. The van der Waals surface area contributed by atoms with E-state index < -0.39 is 5.82 Å². The molecule has 1 aromatic heterocycles. The molecular weight excluding hydrogens is 473 g/mol. The van der Waals surface area contributed by atoms with Gasteiger partial charge in [-0.15, -0.1) is 0 Å². The Labute approximate surface area is 208 Å². The molecule has 0 unspecified atom stereocenters. The summed E-state index contributed by atoms with van der Waals surface area (Å²) in [6.07, 6.45) is 5.38. The monoisotopic (exact) mass is 501 g/mol. The van der Waals surface area contributed by atoms with Gasteiger partial charge >= 0.3 is 0 Å². The van der Waals surface area contributed by atoms with Gasteiger partial charge in [-0.25, -0.2) is 14.4 Å². The van der Waals surface area contributed by atoms with Gasteiger partial charge in [-0.1, -0.05) is 17.7 Å². The molecule has 1 fully saturated rings. The molecule has 4 rings (SSSR count). The Morgan fingerprint density at radius 1 is 1.20 bits per heavy atom. The fraction of sp³-hybridized carbons (Fsp3) is 0.400. The molecule has 1 amide bonds. The van der Waals surface area contributed by atoms with Crippen molar-refractivity contribution in [3.8, 4) is 11.5 Å². The second kappa shape index (κ2) is 11.5. The fourth-order valence-corrected chi connectivity index (χ4v) is 4.50. The van der Waals surface area contributed by atoms with E-state index in [9.17, 15) is 9.18 Å². The lowest BCUT2D eigenvalue weighted by molar-refractivity contribution is -0.122. The number of halogens is 2. The Kier molecular flexibility index (Phi) is 8.20. The third-order valence-electron chi connectivity index (χ3n) is 6.15. The van der Waals surface area contributed by atoms with E-state index in [1.165, 1.54) is 12.4 Å². The van der Waals surface area contributed by atoms with Crippen molar-refractivity contribution < 1.29 is 18.7 Å². The summed E-state index contributed by atoms with van der Waals surface area (Å²) in [6, 6.07) is 8.32. The van der Waals surface area contributed by atoms with E-state index in [1.807, 2.05) is 6.07 Å². The fourth-order valence-electron chi connectivity index (χ4n) is 4.32. The zero-order valence-electron chi connectivity index (χ0n) is 19.5. The lowest BCUT2D eigenvalue weighted by atomic mass is 9.85. The predicted octanol–water partition coefficient (Wildman–Crippen LogP) is 4.58. The molecule has 0 atom stereocenters. The van der Waals surface area contributed by atoms with Crippen molar-refractivity contribution in [3.05, 3.63) is 47.5 Å². The van der Waals surface area contributed by atoms with Gasteiger partial charge in [-0.2, -0.15) is 0 Å². The number of fused-ring (bicyclic) bond motifs is 1. The number of hydrogen-bond acceptors (Lipinski definition) is 7. The van der Waals surface area contributed by atoms with Gasteiger partial charge in [0.25, 0.3) is 0 Å². The van der Waals surface area contributed by atoms with E-state index in [2.05, 4.69) is 20.6 Å². The number of rotatable bonds is 9. The van der Waals surface area contributed by atoms with Crippen LogP contribution in [-0.4, -0.2) is 42.2 Å². The van der Waals surface area contributed by atoms with Gasteiger partial charge in [0.15, 0.2) is 17.3 Å². The predicted molar refractivity (Wildman–Crippen MR) is 134 cm³/mol. The first kappa shape index (κ1) is 24.9. The first-order valence-electron chi connectivity index (χ1n) is 11.7. The standard InChI is InChI=1S/C25H29ClFN5O3/c1-34-21-13-20-17(25(31-14-30-20)32-19-4-2-3-18(26)24(19)27)12-22(21)35-16-7-5-15(6-8-16)11-23(33)29-10-9-28/h2-4,12-16H,5-11,28H2,1H3,(H,29,33)(H,30,31,32). The van der Waals surface area contributed by atoms with Crippen LogP contribution in [0.5, 0.6) is 11.5 Å². The van der Waals surface area contributed by atoms with Crippen LogP contribution >= 0.6 is 11.6 Å². The van der Waals surface area contributed by atoms with Gasteiger partial charge in [-0.3, -0.25) is 4.79 Å². The number of ether oxygens (including phenoxy) is 2. The van der Waals surface area contributed by atoms with Crippen molar-refractivity contribution in [2.75, 3.05) is 25.5 Å². The highest BCUT2D eigenvalue weighted by molar-refractivity contribution is 6.31. The van der Waals surface area contributed by atoms with Crippen molar-refractivity contribution in [2.45, 2.75) is 38.2 Å². The second-order valence-corrected chi connectivity index (χ2v) is 8.98. The minimum Gasteiger partial charge on any atom is -0.493 e. The van der Waals surface area contributed by atoms with E-state index in [-0.39, 0.29) is 22.7 Å². The molecule has 35 heavy (non-hydrogen) atoms. The molecule has 186 valence electrons. The van der Waals surface area contributed by atoms with Crippen molar-refractivity contribution in [3.63, 3.8) is 0 Å². The minimum absolute atomic E-state index is 0.00360. The molecular formula is C25H29ClFN5O3. The van der Waals surface area contributed by atoms with Gasteiger partial charge in [0.2, 0.25) is 5.91 Å². The quantitative estimate of drug-likeness (QED) is 0.393. The van der Waals surface area contributed by atoms with Crippen LogP contribution in [0.1, 0.15) is 32.1 Å². The summed E-state index contributed by atoms with van der Waals surface area (Å²) in [4.78, 5) is 20.6. The lowest BCUT2D eigenvalue weighted by Crippen LogP contribution is -2.32. The van der Waals surface area contributed by atoms with Gasteiger partial charge in [0, 0.05) is 31.0 Å². The van der Waals surface area contributed by atoms with Crippen molar-refractivity contribution in [2.24, 2.45) is 11.7 Å². The van der Waals surface area contributed by atoms with Gasteiger partial charge in [-0.05, 0) is 49.8 Å². The lowest BCUT2D eigenvalue weighted by Gasteiger charge is -2.29. The Hall–Kier alpha value is -3.17. The summed E-state index contributed by atoms with van der Waals surface area (Å²) in [6.45, 7) is 0.944.